The maximum absolute atomic E-state index is 9.17. The quantitative estimate of drug-likeness (QED) is 0.744. The van der Waals surface area contributed by atoms with Crippen LogP contribution in [0.5, 0.6) is 0 Å². The van der Waals surface area contributed by atoms with Gasteiger partial charge in [0, 0.05) is 26.2 Å². The largest absolute Gasteiger partial charge is 0.353 e. The fourth-order valence-corrected chi connectivity index (χ4v) is 1.55. The zero-order valence-electron chi connectivity index (χ0n) is 7.60. The third kappa shape index (κ3) is 2.12. The summed E-state index contributed by atoms with van der Waals surface area (Å²) in [6.45, 7) is 2.72. The zero-order chi connectivity index (χ0) is 9.97. The van der Waals surface area contributed by atoms with E-state index in [0.29, 0.717) is 18.2 Å². The molecule has 1 fully saturated rings. The minimum atomic E-state index is 0.397. The van der Waals surface area contributed by atoms with Crippen molar-refractivity contribution in [2.45, 2.75) is 0 Å². The van der Waals surface area contributed by atoms with Gasteiger partial charge in [0.2, 0.25) is 0 Å². The fourth-order valence-electron chi connectivity index (χ4n) is 1.41. The first kappa shape index (κ1) is 9.64. The van der Waals surface area contributed by atoms with E-state index < -0.39 is 0 Å². The van der Waals surface area contributed by atoms with Gasteiger partial charge in [-0.1, -0.05) is 11.6 Å². The molecule has 0 unspecified atom stereocenters. The van der Waals surface area contributed by atoms with Crippen molar-refractivity contribution >= 4 is 17.4 Å². The number of piperazine rings is 1. The molecule has 0 atom stereocenters. The van der Waals surface area contributed by atoms with Crippen LogP contribution in [0.2, 0.25) is 5.15 Å². The summed E-state index contributed by atoms with van der Waals surface area (Å²) in [5, 5.41) is 10.9. The third-order valence-corrected chi connectivity index (χ3v) is 2.35. The molecule has 1 N–H and O–H groups in total. The lowest BCUT2D eigenvalue weighted by Crippen LogP contribution is -2.45. The van der Waals surface area contributed by atoms with Crippen molar-refractivity contribution in [2.24, 2.45) is 0 Å². The van der Waals surface area contributed by atoms with Crippen LogP contribution in [0, 0.1) is 0 Å². The normalized spacial score (nSPS) is 18.6. The Morgan fingerprint density at radius 1 is 1.21 bits per heavy atom. The summed E-state index contributed by atoms with van der Waals surface area (Å²) in [6.07, 6.45) is 3.19. The summed E-state index contributed by atoms with van der Waals surface area (Å²) in [6, 6.07) is 0. The van der Waals surface area contributed by atoms with Gasteiger partial charge in [0.1, 0.15) is 11.0 Å². The number of hydrogen-bond acceptors (Lipinski definition) is 5. The van der Waals surface area contributed by atoms with Crippen molar-refractivity contribution in [1.29, 1.82) is 0 Å². The second-order valence-corrected chi connectivity index (χ2v) is 3.53. The van der Waals surface area contributed by atoms with Crippen LogP contribution in [0.25, 0.3) is 0 Å². The Bertz CT molecular complexity index is 314. The van der Waals surface area contributed by atoms with Crippen molar-refractivity contribution in [3.8, 4) is 0 Å². The predicted octanol–water partition coefficient (Wildman–Crippen LogP) is 0.641. The molecule has 1 aromatic rings. The fraction of sp³-hybridized carbons (Fsp3) is 0.500. The molecule has 2 rings (SSSR count). The maximum atomic E-state index is 9.17. The highest BCUT2D eigenvalue weighted by Crippen LogP contribution is 2.13. The Balaban J connectivity index is 2.08. The number of hydrogen-bond donors (Lipinski definition) is 1. The Morgan fingerprint density at radius 3 is 2.57 bits per heavy atom. The second-order valence-electron chi connectivity index (χ2n) is 3.14. The molecule has 5 nitrogen and oxygen atoms in total. The number of nitrogens with zero attached hydrogens (tertiary/aromatic N) is 4. The first-order valence-electron chi connectivity index (χ1n) is 4.42. The monoisotopic (exact) mass is 214 g/mol. The van der Waals surface area contributed by atoms with Crippen molar-refractivity contribution in [2.75, 3.05) is 31.1 Å². The molecule has 14 heavy (non-hydrogen) atoms. The first-order chi connectivity index (χ1) is 6.75. The van der Waals surface area contributed by atoms with E-state index in [2.05, 4.69) is 9.97 Å². The SMILES string of the molecule is ON1CCN(c2cncc(Cl)n2)CC1. The van der Waals surface area contributed by atoms with Crippen molar-refractivity contribution in [3.05, 3.63) is 17.5 Å². The number of rotatable bonds is 1. The molecule has 6 heteroatoms. The molecule has 0 saturated carbocycles. The van der Waals surface area contributed by atoms with Gasteiger partial charge in [0.25, 0.3) is 0 Å². The summed E-state index contributed by atoms with van der Waals surface area (Å²) in [7, 11) is 0. The molecule has 0 amide bonds. The number of anilines is 1. The lowest BCUT2D eigenvalue weighted by atomic mass is 10.3. The molecule has 2 heterocycles. The smallest absolute Gasteiger partial charge is 0.149 e. The summed E-state index contributed by atoms with van der Waals surface area (Å²) in [4.78, 5) is 10.2. The lowest BCUT2D eigenvalue weighted by molar-refractivity contribution is -0.0936. The van der Waals surface area contributed by atoms with Crippen molar-refractivity contribution in [1.82, 2.24) is 15.0 Å². The minimum absolute atomic E-state index is 0.397. The van der Waals surface area contributed by atoms with Gasteiger partial charge in [-0.3, -0.25) is 4.98 Å². The van der Waals surface area contributed by atoms with Gasteiger partial charge < -0.3 is 10.1 Å². The third-order valence-electron chi connectivity index (χ3n) is 2.17. The first-order valence-corrected chi connectivity index (χ1v) is 4.80. The van der Waals surface area contributed by atoms with E-state index >= 15 is 0 Å². The Kier molecular flexibility index (Phi) is 2.81. The number of hydroxylamine groups is 2. The van der Waals surface area contributed by atoms with Gasteiger partial charge >= 0.3 is 0 Å². The minimum Gasteiger partial charge on any atom is -0.353 e. The van der Waals surface area contributed by atoms with E-state index in [-0.39, 0.29) is 0 Å². The molecule has 0 radical (unpaired) electrons. The van der Waals surface area contributed by atoms with E-state index in [0.717, 1.165) is 18.9 Å². The molecule has 0 aliphatic carbocycles. The molecule has 76 valence electrons. The summed E-state index contributed by atoms with van der Waals surface area (Å²) in [5.74, 6) is 0.769. The van der Waals surface area contributed by atoms with Gasteiger partial charge in [-0.15, -0.1) is 0 Å². The molecular formula is C8H11ClN4O. The number of aromatic nitrogens is 2. The van der Waals surface area contributed by atoms with Gasteiger partial charge in [0.05, 0.1) is 12.4 Å². The maximum Gasteiger partial charge on any atom is 0.149 e. The van der Waals surface area contributed by atoms with Crippen LogP contribution in [0.4, 0.5) is 5.82 Å². The molecule has 0 aromatic carbocycles. The average molecular weight is 215 g/mol. The van der Waals surface area contributed by atoms with Gasteiger partial charge in [-0.05, 0) is 0 Å². The molecule has 1 saturated heterocycles. The van der Waals surface area contributed by atoms with Crippen LogP contribution >= 0.6 is 11.6 Å². The van der Waals surface area contributed by atoms with E-state index in [1.165, 1.54) is 11.3 Å². The molecule has 0 spiro atoms. The summed E-state index contributed by atoms with van der Waals surface area (Å²) in [5.41, 5.74) is 0. The highest BCUT2D eigenvalue weighted by atomic mass is 35.5. The second kappa shape index (κ2) is 4.08. The highest BCUT2D eigenvalue weighted by molar-refractivity contribution is 6.29. The average Bonchev–Trinajstić information content (AvgIpc) is 2.19. The highest BCUT2D eigenvalue weighted by Gasteiger charge is 2.16. The number of halogens is 1. The predicted molar refractivity (Wildman–Crippen MR) is 52.6 cm³/mol. The van der Waals surface area contributed by atoms with Crippen LogP contribution in [0.3, 0.4) is 0 Å². The van der Waals surface area contributed by atoms with E-state index in [1.807, 2.05) is 4.90 Å². The lowest BCUT2D eigenvalue weighted by Gasteiger charge is -2.31. The van der Waals surface area contributed by atoms with E-state index in [9.17, 15) is 5.21 Å². The van der Waals surface area contributed by atoms with Gasteiger partial charge in [-0.25, -0.2) is 4.98 Å². The topological polar surface area (TPSA) is 52.5 Å². The molecular weight excluding hydrogens is 204 g/mol. The van der Waals surface area contributed by atoms with Gasteiger partial charge in [-0.2, -0.15) is 5.06 Å². The molecule has 0 bridgehead atoms. The van der Waals surface area contributed by atoms with Crippen LogP contribution in [0.15, 0.2) is 12.4 Å². The summed E-state index contributed by atoms with van der Waals surface area (Å²) >= 11 is 5.73. The van der Waals surface area contributed by atoms with Crippen LogP contribution in [-0.2, 0) is 0 Å². The van der Waals surface area contributed by atoms with Gasteiger partial charge in [0.15, 0.2) is 0 Å². The Labute approximate surface area is 86.9 Å². The van der Waals surface area contributed by atoms with Crippen LogP contribution in [0.1, 0.15) is 0 Å². The Morgan fingerprint density at radius 2 is 1.93 bits per heavy atom. The standard InChI is InChI=1S/C8H11ClN4O/c9-7-5-10-6-8(11-7)12-1-3-13(14)4-2-12/h5-6,14H,1-4H2. The molecule has 1 aliphatic rings. The molecule has 1 aromatic heterocycles. The van der Waals surface area contributed by atoms with Crippen LogP contribution in [-0.4, -0.2) is 46.4 Å². The zero-order valence-corrected chi connectivity index (χ0v) is 8.35. The van der Waals surface area contributed by atoms with E-state index in [1.54, 1.807) is 6.20 Å². The van der Waals surface area contributed by atoms with E-state index in [4.69, 9.17) is 11.6 Å². The van der Waals surface area contributed by atoms with Crippen LogP contribution < -0.4 is 4.90 Å². The molecule has 1 aliphatic heterocycles. The summed E-state index contributed by atoms with van der Waals surface area (Å²) < 4.78 is 0. The van der Waals surface area contributed by atoms with Crippen molar-refractivity contribution < 1.29 is 5.21 Å². The van der Waals surface area contributed by atoms with Crippen molar-refractivity contribution in [3.63, 3.8) is 0 Å². The Hall–Kier alpha value is -0.910.